The van der Waals surface area contributed by atoms with Gasteiger partial charge in [0, 0.05) is 36.8 Å². The Balaban J connectivity index is 2.01. The Morgan fingerprint density at radius 1 is 1.12 bits per heavy atom. The first-order chi connectivity index (χ1) is 11.7. The molecule has 1 heterocycles. The second-order valence-corrected chi connectivity index (χ2v) is 7.59. The number of rotatable bonds is 3. The summed E-state index contributed by atoms with van der Waals surface area (Å²) in [4.78, 5) is 38.0. The number of amides is 3. The lowest BCUT2D eigenvalue weighted by molar-refractivity contribution is -0.142. The van der Waals surface area contributed by atoms with E-state index in [2.05, 4.69) is 10.6 Å². The molecule has 1 aliphatic heterocycles. The predicted octanol–water partition coefficient (Wildman–Crippen LogP) is 2.87. The van der Waals surface area contributed by atoms with E-state index in [9.17, 15) is 14.4 Å². The minimum atomic E-state index is -0.439. The minimum absolute atomic E-state index is 0.0812. The largest absolute Gasteiger partial charge is 0.341 e. The van der Waals surface area contributed by atoms with Gasteiger partial charge in [-0.2, -0.15) is 0 Å². The normalized spacial score (nSPS) is 17.8. The van der Waals surface area contributed by atoms with Crippen molar-refractivity contribution in [2.75, 3.05) is 23.7 Å². The van der Waals surface area contributed by atoms with Gasteiger partial charge in [0.15, 0.2) is 0 Å². The first kappa shape index (κ1) is 19.0. The Labute approximate surface area is 149 Å². The van der Waals surface area contributed by atoms with Crippen LogP contribution in [0.5, 0.6) is 0 Å². The Morgan fingerprint density at radius 2 is 1.76 bits per heavy atom. The number of hydrogen-bond acceptors (Lipinski definition) is 3. The lowest BCUT2D eigenvalue weighted by atomic mass is 9.91. The van der Waals surface area contributed by atoms with Crippen LogP contribution < -0.4 is 10.6 Å². The molecule has 6 heteroatoms. The van der Waals surface area contributed by atoms with Crippen LogP contribution in [0.15, 0.2) is 24.3 Å². The molecule has 2 rings (SSSR count). The Bertz CT molecular complexity index is 664. The molecule has 1 saturated heterocycles. The van der Waals surface area contributed by atoms with Gasteiger partial charge in [0.1, 0.15) is 0 Å². The maximum atomic E-state index is 12.6. The molecule has 0 aromatic heterocycles. The summed E-state index contributed by atoms with van der Waals surface area (Å²) in [5.74, 6) is -0.388. The summed E-state index contributed by atoms with van der Waals surface area (Å²) in [6.07, 6.45) is 1.59. The van der Waals surface area contributed by atoms with Crippen LogP contribution in [-0.4, -0.2) is 35.7 Å². The molecule has 136 valence electrons. The van der Waals surface area contributed by atoms with E-state index < -0.39 is 5.41 Å². The summed E-state index contributed by atoms with van der Waals surface area (Å²) in [6.45, 7) is 8.28. The van der Waals surface area contributed by atoms with Crippen LogP contribution in [0.4, 0.5) is 11.4 Å². The molecule has 6 nitrogen and oxygen atoms in total. The third-order valence-electron chi connectivity index (χ3n) is 4.17. The van der Waals surface area contributed by atoms with E-state index >= 15 is 0 Å². The summed E-state index contributed by atoms with van der Waals surface area (Å²) >= 11 is 0. The lowest BCUT2D eigenvalue weighted by Crippen LogP contribution is -2.47. The zero-order valence-corrected chi connectivity index (χ0v) is 15.4. The SMILES string of the molecule is CC(=O)Nc1cccc(NC(=O)[C@@H]2CCCN(C(=O)C(C)(C)C)C2)c1. The highest BCUT2D eigenvalue weighted by molar-refractivity contribution is 5.95. The molecule has 1 aromatic rings. The average Bonchev–Trinajstić information content (AvgIpc) is 2.53. The summed E-state index contributed by atoms with van der Waals surface area (Å²) in [6, 6.07) is 7.04. The number of benzene rings is 1. The molecular formula is C19H27N3O3. The van der Waals surface area contributed by atoms with E-state index in [4.69, 9.17) is 0 Å². The second-order valence-electron chi connectivity index (χ2n) is 7.59. The smallest absolute Gasteiger partial charge is 0.229 e. The highest BCUT2D eigenvalue weighted by Gasteiger charge is 2.33. The van der Waals surface area contributed by atoms with Crippen molar-refractivity contribution in [2.24, 2.45) is 11.3 Å². The fourth-order valence-corrected chi connectivity index (χ4v) is 2.97. The fraction of sp³-hybridized carbons (Fsp3) is 0.526. The quantitative estimate of drug-likeness (QED) is 0.884. The number of nitrogens with one attached hydrogen (secondary N) is 2. The number of carbonyl (C=O) groups is 3. The van der Waals surface area contributed by atoms with Crippen molar-refractivity contribution in [1.29, 1.82) is 0 Å². The fourth-order valence-electron chi connectivity index (χ4n) is 2.97. The zero-order valence-electron chi connectivity index (χ0n) is 15.4. The topological polar surface area (TPSA) is 78.5 Å². The van der Waals surface area contributed by atoms with E-state index in [1.54, 1.807) is 29.2 Å². The van der Waals surface area contributed by atoms with Crippen molar-refractivity contribution in [3.05, 3.63) is 24.3 Å². The van der Waals surface area contributed by atoms with Crippen LogP contribution in [0.3, 0.4) is 0 Å². The summed E-state index contributed by atoms with van der Waals surface area (Å²) in [5, 5.41) is 5.59. The zero-order chi connectivity index (χ0) is 18.6. The van der Waals surface area contributed by atoms with Crippen LogP contribution in [0.2, 0.25) is 0 Å². The highest BCUT2D eigenvalue weighted by Crippen LogP contribution is 2.25. The monoisotopic (exact) mass is 345 g/mol. The molecule has 1 fully saturated rings. The van der Waals surface area contributed by atoms with Gasteiger partial charge in [-0.25, -0.2) is 0 Å². The van der Waals surface area contributed by atoms with Gasteiger partial charge in [-0.1, -0.05) is 26.8 Å². The first-order valence-electron chi connectivity index (χ1n) is 8.64. The third kappa shape index (κ3) is 5.31. The van der Waals surface area contributed by atoms with Crippen LogP contribution in [0, 0.1) is 11.3 Å². The van der Waals surface area contributed by atoms with E-state index in [1.807, 2.05) is 20.8 Å². The van der Waals surface area contributed by atoms with Gasteiger partial charge in [-0.3, -0.25) is 14.4 Å². The van der Waals surface area contributed by atoms with Crippen molar-refractivity contribution >= 4 is 29.1 Å². The van der Waals surface area contributed by atoms with Crippen LogP contribution in [-0.2, 0) is 14.4 Å². The maximum absolute atomic E-state index is 12.6. The highest BCUT2D eigenvalue weighted by atomic mass is 16.2. The van der Waals surface area contributed by atoms with Gasteiger partial charge in [0.25, 0.3) is 0 Å². The molecule has 25 heavy (non-hydrogen) atoms. The van der Waals surface area contributed by atoms with Gasteiger partial charge < -0.3 is 15.5 Å². The molecule has 0 saturated carbocycles. The molecule has 0 aliphatic carbocycles. The van der Waals surface area contributed by atoms with Gasteiger partial charge in [-0.05, 0) is 31.0 Å². The Hall–Kier alpha value is -2.37. The predicted molar refractivity (Wildman–Crippen MR) is 98.1 cm³/mol. The number of nitrogens with zero attached hydrogens (tertiary/aromatic N) is 1. The molecule has 0 radical (unpaired) electrons. The van der Waals surface area contributed by atoms with E-state index in [-0.39, 0.29) is 23.6 Å². The molecule has 2 N–H and O–H groups in total. The minimum Gasteiger partial charge on any atom is -0.341 e. The van der Waals surface area contributed by atoms with Gasteiger partial charge >= 0.3 is 0 Å². The maximum Gasteiger partial charge on any atom is 0.229 e. The number of likely N-dealkylation sites (tertiary alicyclic amines) is 1. The van der Waals surface area contributed by atoms with E-state index in [0.717, 1.165) is 12.8 Å². The summed E-state index contributed by atoms with van der Waals surface area (Å²) < 4.78 is 0. The molecule has 0 bridgehead atoms. The summed E-state index contributed by atoms with van der Waals surface area (Å²) in [5.41, 5.74) is 0.833. The molecule has 1 atom stereocenters. The molecular weight excluding hydrogens is 318 g/mol. The summed E-state index contributed by atoms with van der Waals surface area (Å²) in [7, 11) is 0. The second kappa shape index (κ2) is 7.68. The van der Waals surface area contributed by atoms with Gasteiger partial charge in [0.2, 0.25) is 17.7 Å². The van der Waals surface area contributed by atoms with Crippen molar-refractivity contribution in [2.45, 2.75) is 40.5 Å². The first-order valence-corrected chi connectivity index (χ1v) is 8.64. The number of anilines is 2. The lowest BCUT2D eigenvalue weighted by Gasteiger charge is -2.35. The van der Waals surface area contributed by atoms with Gasteiger partial charge in [0.05, 0.1) is 5.92 Å². The Kier molecular flexibility index (Phi) is 5.82. The van der Waals surface area contributed by atoms with Crippen LogP contribution in [0.25, 0.3) is 0 Å². The van der Waals surface area contributed by atoms with Crippen LogP contribution >= 0.6 is 0 Å². The number of piperidine rings is 1. The van der Waals surface area contributed by atoms with Crippen molar-refractivity contribution in [3.63, 3.8) is 0 Å². The molecule has 0 unspecified atom stereocenters. The van der Waals surface area contributed by atoms with Gasteiger partial charge in [-0.15, -0.1) is 0 Å². The molecule has 1 aromatic carbocycles. The van der Waals surface area contributed by atoms with Crippen molar-refractivity contribution < 1.29 is 14.4 Å². The van der Waals surface area contributed by atoms with Crippen molar-refractivity contribution in [1.82, 2.24) is 4.90 Å². The average molecular weight is 345 g/mol. The number of carbonyl (C=O) groups excluding carboxylic acids is 3. The van der Waals surface area contributed by atoms with Crippen molar-refractivity contribution in [3.8, 4) is 0 Å². The molecule has 1 aliphatic rings. The third-order valence-corrected chi connectivity index (χ3v) is 4.17. The standard InChI is InChI=1S/C19H27N3O3/c1-13(23)20-15-8-5-9-16(11-15)21-17(24)14-7-6-10-22(12-14)18(25)19(2,3)4/h5,8-9,11,14H,6-7,10,12H2,1-4H3,(H,20,23)(H,21,24)/t14-/m1/s1. The van der Waals surface area contributed by atoms with E-state index in [0.29, 0.717) is 24.5 Å². The van der Waals surface area contributed by atoms with Crippen LogP contribution in [0.1, 0.15) is 40.5 Å². The number of hydrogen-bond donors (Lipinski definition) is 2. The molecule has 0 spiro atoms. The van der Waals surface area contributed by atoms with E-state index in [1.165, 1.54) is 6.92 Å². The Morgan fingerprint density at radius 3 is 2.36 bits per heavy atom. The molecule has 3 amide bonds.